The predicted octanol–water partition coefficient (Wildman–Crippen LogP) is 2.74. The Labute approximate surface area is 131 Å². The minimum absolute atomic E-state index is 0.468. The van der Waals surface area contributed by atoms with Crippen LogP contribution in [0.3, 0.4) is 0 Å². The van der Waals surface area contributed by atoms with Crippen LogP contribution in [0.1, 0.15) is 24.9 Å². The molecule has 0 spiro atoms. The summed E-state index contributed by atoms with van der Waals surface area (Å²) in [6.45, 7) is 9.27. The SMILES string of the molecule is CCC(NCCN1CCN(C)CC1)c1ccc(Br)cc1. The van der Waals surface area contributed by atoms with E-state index in [0.29, 0.717) is 6.04 Å². The number of nitrogens with one attached hydrogen (secondary N) is 1. The molecule has 1 aliphatic heterocycles. The third-order valence-corrected chi connectivity index (χ3v) is 4.62. The summed E-state index contributed by atoms with van der Waals surface area (Å²) in [6, 6.07) is 9.14. The van der Waals surface area contributed by atoms with Crippen LogP contribution in [0.15, 0.2) is 28.7 Å². The highest BCUT2D eigenvalue weighted by molar-refractivity contribution is 9.10. The lowest BCUT2D eigenvalue weighted by Crippen LogP contribution is -2.46. The number of rotatable bonds is 6. The molecule has 1 aromatic rings. The molecule has 0 amide bonds. The summed E-state index contributed by atoms with van der Waals surface area (Å²) in [5.74, 6) is 0. The first kappa shape index (κ1) is 16.0. The molecule has 1 unspecified atom stereocenters. The highest BCUT2D eigenvalue weighted by atomic mass is 79.9. The van der Waals surface area contributed by atoms with E-state index in [1.807, 2.05) is 0 Å². The van der Waals surface area contributed by atoms with E-state index < -0.39 is 0 Å². The molecule has 20 heavy (non-hydrogen) atoms. The first-order valence-corrected chi connectivity index (χ1v) is 8.38. The zero-order valence-electron chi connectivity index (χ0n) is 12.6. The average Bonchev–Trinajstić information content (AvgIpc) is 2.47. The van der Waals surface area contributed by atoms with Crippen molar-refractivity contribution in [1.29, 1.82) is 0 Å². The summed E-state index contributed by atoms with van der Waals surface area (Å²) >= 11 is 3.50. The molecule has 1 fully saturated rings. The maximum atomic E-state index is 3.69. The quantitative estimate of drug-likeness (QED) is 0.859. The van der Waals surface area contributed by atoms with E-state index in [1.54, 1.807) is 0 Å². The molecule has 1 N–H and O–H groups in total. The van der Waals surface area contributed by atoms with Gasteiger partial charge in [0.25, 0.3) is 0 Å². The van der Waals surface area contributed by atoms with Gasteiger partial charge in [-0.3, -0.25) is 4.90 Å². The van der Waals surface area contributed by atoms with Gasteiger partial charge in [0.2, 0.25) is 0 Å². The van der Waals surface area contributed by atoms with Gasteiger partial charge in [-0.05, 0) is 31.2 Å². The first-order valence-electron chi connectivity index (χ1n) is 7.58. The second-order valence-corrected chi connectivity index (χ2v) is 6.53. The van der Waals surface area contributed by atoms with Crippen LogP contribution in [-0.4, -0.2) is 56.1 Å². The molecule has 1 aliphatic rings. The van der Waals surface area contributed by atoms with E-state index in [4.69, 9.17) is 0 Å². The van der Waals surface area contributed by atoms with Gasteiger partial charge in [0.1, 0.15) is 0 Å². The van der Waals surface area contributed by atoms with E-state index >= 15 is 0 Å². The summed E-state index contributed by atoms with van der Waals surface area (Å²) in [7, 11) is 2.20. The van der Waals surface area contributed by atoms with E-state index in [9.17, 15) is 0 Å². The van der Waals surface area contributed by atoms with Gasteiger partial charge in [0.05, 0.1) is 0 Å². The molecule has 1 aromatic carbocycles. The Morgan fingerprint density at radius 2 is 1.80 bits per heavy atom. The van der Waals surface area contributed by atoms with Crippen LogP contribution in [0.25, 0.3) is 0 Å². The van der Waals surface area contributed by atoms with Gasteiger partial charge in [-0.25, -0.2) is 0 Å². The second-order valence-electron chi connectivity index (χ2n) is 5.61. The monoisotopic (exact) mass is 339 g/mol. The highest BCUT2D eigenvalue weighted by Gasteiger charge is 2.14. The van der Waals surface area contributed by atoms with Crippen molar-refractivity contribution < 1.29 is 0 Å². The minimum atomic E-state index is 0.468. The largest absolute Gasteiger partial charge is 0.309 e. The number of benzene rings is 1. The maximum Gasteiger partial charge on any atom is 0.0318 e. The predicted molar refractivity (Wildman–Crippen MR) is 89.1 cm³/mol. The molecule has 4 heteroatoms. The molecule has 1 atom stereocenters. The van der Waals surface area contributed by atoms with Crippen molar-refractivity contribution in [3.8, 4) is 0 Å². The van der Waals surface area contributed by atoms with Gasteiger partial charge >= 0.3 is 0 Å². The van der Waals surface area contributed by atoms with Crippen LogP contribution in [0.2, 0.25) is 0 Å². The van der Waals surface area contributed by atoms with E-state index in [-0.39, 0.29) is 0 Å². The van der Waals surface area contributed by atoms with Crippen LogP contribution in [0.4, 0.5) is 0 Å². The van der Waals surface area contributed by atoms with E-state index in [0.717, 1.165) is 24.0 Å². The molecular weight excluding hydrogens is 314 g/mol. The Balaban J connectivity index is 1.75. The summed E-state index contributed by atoms with van der Waals surface area (Å²) in [4.78, 5) is 4.96. The topological polar surface area (TPSA) is 18.5 Å². The molecular formula is C16H26BrN3. The number of likely N-dealkylation sites (N-methyl/N-ethyl adjacent to an activating group) is 1. The van der Waals surface area contributed by atoms with Crippen LogP contribution in [-0.2, 0) is 0 Å². The summed E-state index contributed by atoms with van der Waals surface area (Å²) in [5.41, 5.74) is 1.38. The third kappa shape index (κ3) is 4.85. The molecule has 3 nitrogen and oxygen atoms in total. The Kier molecular flexibility index (Phi) is 6.49. The number of piperazine rings is 1. The zero-order valence-corrected chi connectivity index (χ0v) is 14.2. The number of hydrogen-bond acceptors (Lipinski definition) is 3. The molecule has 112 valence electrons. The maximum absolute atomic E-state index is 3.69. The lowest BCUT2D eigenvalue weighted by atomic mass is 10.0. The molecule has 1 saturated heterocycles. The summed E-state index contributed by atoms with van der Waals surface area (Å²) in [5, 5.41) is 3.69. The van der Waals surface area contributed by atoms with Gasteiger partial charge in [-0.1, -0.05) is 35.0 Å². The Morgan fingerprint density at radius 1 is 1.15 bits per heavy atom. The van der Waals surface area contributed by atoms with Crippen molar-refractivity contribution in [1.82, 2.24) is 15.1 Å². The first-order chi connectivity index (χ1) is 9.69. The molecule has 0 bridgehead atoms. The fraction of sp³-hybridized carbons (Fsp3) is 0.625. The molecule has 0 aliphatic carbocycles. The van der Waals surface area contributed by atoms with E-state index in [2.05, 4.69) is 69.3 Å². The number of halogens is 1. The third-order valence-electron chi connectivity index (χ3n) is 4.10. The van der Waals surface area contributed by atoms with Crippen molar-refractivity contribution in [3.05, 3.63) is 34.3 Å². The lowest BCUT2D eigenvalue weighted by molar-refractivity contribution is 0.153. The van der Waals surface area contributed by atoms with Gasteiger partial charge < -0.3 is 10.2 Å². The molecule has 0 aromatic heterocycles. The number of hydrogen-bond donors (Lipinski definition) is 1. The van der Waals surface area contributed by atoms with Gasteiger partial charge in [-0.2, -0.15) is 0 Å². The molecule has 0 radical (unpaired) electrons. The Hall–Kier alpha value is -0.420. The normalized spacial score (nSPS) is 19.1. The van der Waals surface area contributed by atoms with Crippen molar-refractivity contribution in [3.63, 3.8) is 0 Å². The Bertz CT molecular complexity index is 385. The van der Waals surface area contributed by atoms with Crippen molar-refractivity contribution in [2.45, 2.75) is 19.4 Å². The molecule has 0 saturated carbocycles. The minimum Gasteiger partial charge on any atom is -0.309 e. The standard InChI is InChI=1S/C16H26BrN3/c1-3-16(14-4-6-15(17)7-5-14)18-8-9-20-12-10-19(2)11-13-20/h4-7,16,18H,3,8-13H2,1-2H3. The zero-order chi connectivity index (χ0) is 14.4. The van der Waals surface area contributed by atoms with Crippen LogP contribution in [0, 0.1) is 0 Å². The van der Waals surface area contributed by atoms with Crippen molar-refractivity contribution in [2.24, 2.45) is 0 Å². The molecule has 1 heterocycles. The van der Waals surface area contributed by atoms with Crippen molar-refractivity contribution >= 4 is 15.9 Å². The smallest absolute Gasteiger partial charge is 0.0318 e. The van der Waals surface area contributed by atoms with Gasteiger partial charge in [-0.15, -0.1) is 0 Å². The fourth-order valence-corrected chi connectivity index (χ4v) is 2.93. The fourth-order valence-electron chi connectivity index (χ4n) is 2.66. The van der Waals surface area contributed by atoms with Crippen LogP contribution < -0.4 is 5.32 Å². The Morgan fingerprint density at radius 3 is 2.40 bits per heavy atom. The van der Waals surface area contributed by atoms with Gasteiger partial charge in [0.15, 0.2) is 0 Å². The summed E-state index contributed by atoms with van der Waals surface area (Å²) < 4.78 is 1.15. The van der Waals surface area contributed by atoms with Crippen LogP contribution >= 0.6 is 15.9 Å². The number of nitrogens with zero attached hydrogens (tertiary/aromatic N) is 2. The van der Waals surface area contributed by atoms with Gasteiger partial charge in [0, 0.05) is 49.8 Å². The van der Waals surface area contributed by atoms with Crippen LogP contribution in [0.5, 0.6) is 0 Å². The average molecular weight is 340 g/mol. The molecule has 2 rings (SSSR count). The lowest BCUT2D eigenvalue weighted by Gasteiger charge is -2.32. The second kappa shape index (κ2) is 8.13. The van der Waals surface area contributed by atoms with E-state index in [1.165, 1.54) is 31.7 Å². The van der Waals surface area contributed by atoms with Crippen molar-refractivity contribution in [2.75, 3.05) is 46.3 Å². The summed E-state index contributed by atoms with van der Waals surface area (Å²) in [6.07, 6.45) is 1.13. The highest BCUT2D eigenvalue weighted by Crippen LogP contribution is 2.19.